The van der Waals surface area contributed by atoms with Crippen LogP contribution in [0.25, 0.3) is 0 Å². The molecule has 2 aliphatic rings. The molecule has 0 aromatic carbocycles. The average Bonchev–Trinajstić information content (AvgIpc) is 2.89. The molecule has 0 spiro atoms. The van der Waals surface area contributed by atoms with Crippen molar-refractivity contribution < 1.29 is 14.7 Å². The van der Waals surface area contributed by atoms with E-state index in [1.165, 1.54) is 0 Å². The van der Waals surface area contributed by atoms with Gasteiger partial charge in [-0.3, -0.25) is 9.59 Å². The van der Waals surface area contributed by atoms with Gasteiger partial charge in [0, 0.05) is 13.0 Å². The number of hydrogen-bond acceptors (Lipinski definition) is 2. The maximum atomic E-state index is 11.8. The molecule has 1 unspecified atom stereocenters. The molecule has 1 amide bonds. The fraction of sp³-hybridized carbons (Fsp3) is 0.733. The van der Waals surface area contributed by atoms with E-state index < -0.39 is 5.97 Å². The first-order valence-corrected chi connectivity index (χ1v) is 7.31. The van der Waals surface area contributed by atoms with Gasteiger partial charge in [0.15, 0.2) is 0 Å². The number of aliphatic carboxylic acids is 1. The summed E-state index contributed by atoms with van der Waals surface area (Å²) in [5, 5.41) is 11.9. The molecule has 2 aliphatic carbocycles. The molecule has 2 rings (SSSR count). The number of rotatable bonds is 5. The van der Waals surface area contributed by atoms with Gasteiger partial charge in [0.1, 0.15) is 0 Å². The Kier molecular flexibility index (Phi) is 5.00. The van der Waals surface area contributed by atoms with E-state index in [2.05, 4.69) is 17.5 Å². The van der Waals surface area contributed by atoms with Crippen LogP contribution < -0.4 is 5.32 Å². The number of carbonyl (C=O) groups excluding carboxylic acids is 1. The first kappa shape index (κ1) is 14.1. The molecule has 106 valence electrons. The highest BCUT2D eigenvalue weighted by Crippen LogP contribution is 2.28. The summed E-state index contributed by atoms with van der Waals surface area (Å²) in [6.45, 7) is 0.710. The lowest BCUT2D eigenvalue weighted by molar-refractivity contribution is -0.143. The lowest BCUT2D eigenvalue weighted by Crippen LogP contribution is -2.33. The SMILES string of the molecule is O=C(CC1C=CCC1)NCC1CCC(C(=O)O)CC1. The van der Waals surface area contributed by atoms with Gasteiger partial charge in [-0.25, -0.2) is 0 Å². The van der Waals surface area contributed by atoms with Crippen LogP contribution in [0, 0.1) is 17.8 Å². The van der Waals surface area contributed by atoms with Gasteiger partial charge < -0.3 is 10.4 Å². The van der Waals surface area contributed by atoms with E-state index in [4.69, 9.17) is 5.11 Å². The Morgan fingerprint density at radius 3 is 2.47 bits per heavy atom. The Morgan fingerprint density at radius 1 is 1.16 bits per heavy atom. The first-order chi connectivity index (χ1) is 9.15. The normalized spacial score (nSPS) is 30.2. The van der Waals surface area contributed by atoms with Gasteiger partial charge in [-0.05, 0) is 50.4 Å². The maximum absolute atomic E-state index is 11.8. The van der Waals surface area contributed by atoms with Crippen LogP contribution >= 0.6 is 0 Å². The minimum Gasteiger partial charge on any atom is -0.481 e. The smallest absolute Gasteiger partial charge is 0.306 e. The molecule has 0 radical (unpaired) electrons. The summed E-state index contributed by atoms with van der Waals surface area (Å²) >= 11 is 0. The van der Waals surface area contributed by atoms with Crippen LogP contribution in [0.3, 0.4) is 0 Å². The molecule has 19 heavy (non-hydrogen) atoms. The number of carbonyl (C=O) groups is 2. The molecule has 0 aromatic heterocycles. The van der Waals surface area contributed by atoms with Crippen molar-refractivity contribution >= 4 is 11.9 Å². The summed E-state index contributed by atoms with van der Waals surface area (Å²) in [6, 6.07) is 0. The lowest BCUT2D eigenvalue weighted by atomic mass is 9.82. The van der Waals surface area contributed by atoms with Gasteiger partial charge in [0.05, 0.1) is 5.92 Å². The minimum absolute atomic E-state index is 0.136. The van der Waals surface area contributed by atoms with Crippen LogP contribution in [0.5, 0.6) is 0 Å². The molecular formula is C15H23NO3. The lowest BCUT2D eigenvalue weighted by Gasteiger charge is -2.26. The van der Waals surface area contributed by atoms with Crippen molar-refractivity contribution in [2.75, 3.05) is 6.54 Å². The van der Waals surface area contributed by atoms with Crippen LogP contribution in [0.2, 0.25) is 0 Å². The van der Waals surface area contributed by atoms with Crippen molar-refractivity contribution in [2.45, 2.75) is 44.9 Å². The summed E-state index contributed by atoms with van der Waals surface area (Å²) in [7, 11) is 0. The molecule has 4 nitrogen and oxygen atoms in total. The van der Waals surface area contributed by atoms with Crippen molar-refractivity contribution in [1.29, 1.82) is 0 Å². The zero-order valence-corrected chi connectivity index (χ0v) is 11.3. The third kappa shape index (κ3) is 4.37. The number of hydrogen-bond donors (Lipinski definition) is 2. The molecule has 1 fully saturated rings. The monoisotopic (exact) mass is 265 g/mol. The topological polar surface area (TPSA) is 66.4 Å². The van der Waals surface area contributed by atoms with Crippen LogP contribution in [0.1, 0.15) is 44.9 Å². The fourth-order valence-corrected chi connectivity index (χ4v) is 3.05. The van der Waals surface area contributed by atoms with Gasteiger partial charge in [0.25, 0.3) is 0 Å². The van der Waals surface area contributed by atoms with Crippen molar-refractivity contribution in [2.24, 2.45) is 17.8 Å². The fourth-order valence-electron chi connectivity index (χ4n) is 3.05. The van der Waals surface area contributed by atoms with E-state index in [-0.39, 0.29) is 11.8 Å². The molecule has 2 N–H and O–H groups in total. The van der Waals surface area contributed by atoms with Crippen molar-refractivity contribution in [3.8, 4) is 0 Å². The summed E-state index contributed by atoms with van der Waals surface area (Å²) in [5.41, 5.74) is 0. The Labute approximate surface area is 114 Å². The van der Waals surface area contributed by atoms with Crippen LogP contribution in [-0.4, -0.2) is 23.5 Å². The Hall–Kier alpha value is -1.32. The predicted molar refractivity (Wildman–Crippen MR) is 72.6 cm³/mol. The quantitative estimate of drug-likeness (QED) is 0.750. The second-order valence-electron chi connectivity index (χ2n) is 5.83. The Balaban J connectivity index is 1.62. The molecule has 1 atom stereocenters. The summed E-state index contributed by atoms with van der Waals surface area (Å²) in [6.07, 6.45) is 10.4. The molecule has 1 saturated carbocycles. The van der Waals surface area contributed by atoms with E-state index in [0.717, 1.165) is 38.5 Å². The highest BCUT2D eigenvalue weighted by molar-refractivity contribution is 5.76. The van der Waals surface area contributed by atoms with Crippen LogP contribution in [0.4, 0.5) is 0 Å². The van der Waals surface area contributed by atoms with E-state index >= 15 is 0 Å². The average molecular weight is 265 g/mol. The minimum atomic E-state index is -0.671. The van der Waals surface area contributed by atoms with Gasteiger partial charge in [-0.1, -0.05) is 12.2 Å². The van der Waals surface area contributed by atoms with Crippen LogP contribution in [-0.2, 0) is 9.59 Å². The summed E-state index contributed by atoms with van der Waals surface area (Å²) < 4.78 is 0. The third-order valence-corrected chi connectivity index (χ3v) is 4.34. The highest BCUT2D eigenvalue weighted by atomic mass is 16.4. The second-order valence-corrected chi connectivity index (χ2v) is 5.83. The third-order valence-electron chi connectivity index (χ3n) is 4.34. The van der Waals surface area contributed by atoms with E-state index in [9.17, 15) is 9.59 Å². The number of carboxylic acid groups (broad SMARTS) is 1. The maximum Gasteiger partial charge on any atom is 0.306 e. The molecule has 0 bridgehead atoms. The van der Waals surface area contributed by atoms with Crippen molar-refractivity contribution in [3.63, 3.8) is 0 Å². The van der Waals surface area contributed by atoms with E-state index in [1.807, 2.05) is 0 Å². The van der Waals surface area contributed by atoms with Gasteiger partial charge in [-0.15, -0.1) is 0 Å². The van der Waals surface area contributed by atoms with Gasteiger partial charge >= 0.3 is 5.97 Å². The molecule has 0 heterocycles. The van der Waals surface area contributed by atoms with E-state index in [1.54, 1.807) is 0 Å². The van der Waals surface area contributed by atoms with Crippen LogP contribution in [0.15, 0.2) is 12.2 Å². The Morgan fingerprint density at radius 2 is 1.89 bits per heavy atom. The summed E-state index contributed by atoms with van der Waals surface area (Å²) in [5.74, 6) is 0.171. The zero-order chi connectivity index (χ0) is 13.7. The second kappa shape index (κ2) is 6.73. The van der Waals surface area contributed by atoms with Gasteiger partial charge in [0.2, 0.25) is 5.91 Å². The van der Waals surface area contributed by atoms with Gasteiger partial charge in [-0.2, -0.15) is 0 Å². The highest BCUT2D eigenvalue weighted by Gasteiger charge is 2.26. The molecule has 0 aliphatic heterocycles. The standard InChI is InChI=1S/C15H23NO3/c17-14(9-11-3-1-2-4-11)16-10-12-5-7-13(8-6-12)15(18)19/h1,3,11-13H,2,4-10H2,(H,16,17)(H,18,19). The predicted octanol–water partition coefficient (Wildman–Crippen LogP) is 2.35. The number of carboxylic acids is 1. The Bertz CT molecular complexity index is 356. The molecule has 0 aromatic rings. The zero-order valence-electron chi connectivity index (χ0n) is 11.3. The summed E-state index contributed by atoms with van der Waals surface area (Å²) in [4.78, 5) is 22.6. The molecular weight excluding hydrogens is 242 g/mol. The largest absolute Gasteiger partial charge is 0.481 e. The van der Waals surface area contributed by atoms with E-state index in [0.29, 0.717) is 24.8 Å². The number of allylic oxidation sites excluding steroid dienone is 2. The first-order valence-electron chi connectivity index (χ1n) is 7.31. The molecule has 0 saturated heterocycles. The van der Waals surface area contributed by atoms with Crippen molar-refractivity contribution in [3.05, 3.63) is 12.2 Å². The molecule has 4 heteroatoms. The number of amides is 1. The van der Waals surface area contributed by atoms with Crippen molar-refractivity contribution in [1.82, 2.24) is 5.32 Å². The number of nitrogens with one attached hydrogen (secondary N) is 1.